The molecular formula is C12H24O4S2. The molecule has 0 aromatic heterocycles. The van der Waals surface area contributed by atoms with Crippen LogP contribution in [0, 0.1) is 5.92 Å². The molecule has 0 spiro atoms. The summed E-state index contributed by atoms with van der Waals surface area (Å²) in [5.74, 6) is -0.579. The van der Waals surface area contributed by atoms with Gasteiger partial charge < -0.3 is 0 Å². The highest BCUT2D eigenvalue weighted by molar-refractivity contribution is 8.00. The molecule has 0 bridgehead atoms. The van der Waals surface area contributed by atoms with Crippen LogP contribution >= 0.6 is 11.8 Å². The maximum atomic E-state index is 12.0. The standard InChI is InChI=1S/C12H24O4S2/c1-8(2)12(13)11(18(14,15)16-6)7-10(5)17-9(3)4/h8-11H,7H2,1-6H3. The van der Waals surface area contributed by atoms with E-state index >= 15 is 0 Å². The van der Waals surface area contributed by atoms with Gasteiger partial charge in [-0.25, -0.2) is 0 Å². The summed E-state index contributed by atoms with van der Waals surface area (Å²) in [5.41, 5.74) is 0. The van der Waals surface area contributed by atoms with Crippen LogP contribution in [0.15, 0.2) is 0 Å². The number of Topliss-reactive ketones (excluding diaryl/α,β-unsaturated/α-hetero) is 1. The van der Waals surface area contributed by atoms with Crippen molar-refractivity contribution in [1.82, 2.24) is 0 Å². The molecule has 0 aliphatic rings. The number of hydrogen-bond donors (Lipinski definition) is 0. The van der Waals surface area contributed by atoms with E-state index in [4.69, 9.17) is 0 Å². The van der Waals surface area contributed by atoms with Gasteiger partial charge in [0.05, 0.1) is 7.11 Å². The molecule has 0 aromatic rings. The van der Waals surface area contributed by atoms with Crippen LogP contribution in [0.25, 0.3) is 0 Å². The minimum Gasteiger partial charge on any atom is -0.298 e. The molecule has 0 aliphatic carbocycles. The van der Waals surface area contributed by atoms with Crippen LogP contribution in [0.2, 0.25) is 0 Å². The predicted molar refractivity (Wildman–Crippen MR) is 76.4 cm³/mol. The van der Waals surface area contributed by atoms with E-state index in [1.54, 1.807) is 25.6 Å². The van der Waals surface area contributed by atoms with Gasteiger partial charge in [-0.05, 0) is 11.7 Å². The van der Waals surface area contributed by atoms with Gasteiger partial charge in [-0.3, -0.25) is 8.98 Å². The molecule has 18 heavy (non-hydrogen) atoms. The number of rotatable bonds is 8. The highest BCUT2D eigenvalue weighted by Gasteiger charge is 2.35. The van der Waals surface area contributed by atoms with Crippen LogP contribution in [0.5, 0.6) is 0 Å². The summed E-state index contributed by atoms with van der Waals surface area (Å²) in [5, 5.41) is -0.550. The van der Waals surface area contributed by atoms with Crippen molar-refractivity contribution in [2.45, 2.75) is 56.8 Å². The summed E-state index contributed by atoms with van der Waals surface area (Å²) < 4.78 is 28.1. The van der Waals surface area contributed by atoms with Crippen molar-refractivity contribution >= 4 is 27.7 Å². The number of hydrogen-bond acceptors (Lipinski definition) is 5. The molecule has 0 heterocycles. The smallest absolute Gasteiger partial charge is 0.277 e. The lowest BCUT2D eigenvalue weighted by Gasteiger charge is -2.21. The molecule has 0 aromatic carbocycles. The van der Waals surface area contributed by atoms with Gasteiger partial charge in [0.2, 0.25) is 0 Å². The zero-order valence-corrected chi connectivity index (χ0v) is 13.6. The summed E-state index contributed by atoms with van der Waals surface area (Å²) in [6, 6.07) is 0. The first-order valence-corrected chi connectivity index (χ1v) is 8.51. The maximum absolute atomic E-state index is 12.0. The molecule has 6 heteroatoms. The zero-order valence-electron chi connectivity index (χ0n) is 12.0. The fourth-order valence-electron chi connectivity index (χ4n) is 1.69. The number of carbonyl (C=O) groups excluding carboxylic acids is 1. The summed E-state index contributed by atoms with van der Waals surface area (Å²) in [4.78, 5) is 12.0. The van der Waals surface area contributed by atoms with Gasteiger partial charge in [-0.1, -0.05) is 34.6 Å². The summed E-state index contributed by atoms with van der Waals surface area (Å²) in [7, 11) is -2.69. The van der Waals surface area contributed by atoms with Crippen LogP contribution in [0.1, 0.15) is 41.0 Å². The molecule has 4 nitrogen and oxygen atoms in total. The van der Waals surface area contributed by atoms with Crippen molar-refractivity contribution in [3.8, 4) is 0 Å². The topological polar surface area (TPSA) is 60.4 Å². The Morgan fingerprint density at radius 1 is 1.17 bits per heavy atom. The lowest BCUT2D eigenvalue weighted by atomic mass is 10.0. The lowest BCUT2D eigenvalue weighted by molar-refractivity contribution is -0.121. The Hall–Kier alpha value is -0.0700. The minimum absolute atomic E-state index is 0.0997. The van der Waals surface area contributed by atoms with E-state index in [0.29, 0.717) is 11.7 Å². The van der Waals surface area contributed by atoms with Crippen molar-refractivity contribution in [3.63, 3.8) is 0 Å². The van der Waals surface area contributed by atoms with E-state index in [2.05, 4.69) is 4.18 Å². The Balaban J connectivity index is 4.96. The summed E-state index contributed by atoms with van der Waals surface area (Å²) in [6.07, 6.45) is 0.302. The fourth-order valence-corrected chi connectivity index (χ4v) is 4.35. The van der Waals surface area contributed by atoms with E-state index in [-0.39, 0.29) is 17.0 Å². The SMILES string of the molecule is COS(=O)(=O)C(CC(C)SC(C)C)C(=O)C(C)C. The third-order valence-electron chi connectivity index (χ3n) is 2.52. The Morgan fingerprint density at radius 3 is 2.00 bits per heavy atom. The van der Waals surface area contributed by atoms with Gasteiger partial charge in [0, 0.05) is 11.2 Å². The van der Waals surface area contributed by atoms with Gasteiger partial charge in [0.15, 0.2) is 5.78 Å². The van der Waals surface area contributed by atoms with Crippen LogP contribution in [0.3, 0.4) is 0 Å². The van der Waals surface area contributed by atoms with Crippen molar-refractivity contribution in [2.24, 2.45) is 5.92 Å². The van der Waals surface area contributed by atoms with Gasteiger partial charge >= 0.3 is 0 Å². The summed E-state index contributed by atoms with van der Waals surface area (Å²) in [6.45, 7) is 9.45. The fraction of sp³-hybridized carbons (Fsp3) is 0.917. The Kier molecular flexibility index (Phi) is 7.47. The first-order chi connectivity index (χ1) is 8.11. The molecule has 2 unspecified atom stereocenters. The van der Waals surface area contributed by atoms with Crippen LogP contribution < -0.4 is 0 Å². The van der Waals surface area contributed by atoms with Gasteiger partial charge in [0.25, 0.3) is 10.1 Å². The van der Waals surface area contributed by atoms with Crippen LogP contribution in [-0.2, 0) is 19.1 Å². The molecule has 0 saturated carbocycles. The van der Waals surface area contributed by atoms with E-state index in [1.807, 2.05) is 20.8 Å². The van der Waals surface area contributed by atoms with E-state index in [1.165, 1.54) is 0 Å². The van der Waals surface area contributed by atoms with Crippen LogP contribution in [0.4, 0.5) is 0 Å². The van der Waals surface area contributed by atoms with Crippen molar-refractivity contribution in [3.05, 3.63) is 0 Å². The van der Waals surface area contributed by atoms with Crippen LogP contribution in [-0.4, -0.2) is 37.1 Å². The van der Waals surface area contributed by atoms with E-state index in [0.717, 1.165) is 7.11 Å². The zero-order chi connectivity index (χ0) is 14.5. The average Bonchev–Trinajstić information content (AvgIpc) is 2.23. The quantitative estimate of drug-likeness (QED) is 0.644. The highest BCUT2D eigenvalue weighted by Crippen LogP contribution is 2.25. The third-order valence-corrected chi connectivity index (χ3v) is 5.31. The first-order valence-electron chi connectivity index (χ1n) is 6.10. The number of ketones is 1. The van der Waals surface area contributed by atoms with E-state index in [9.17, 15) is 13.2 Å². The summed E-state index contributed by atoms with van der Waals surface area (Å²) >= 11 is 1.67. The Morgan fingerprint density at radius 2 is 1.67 bits per heavy atom. The Bertz CT molecular complexity index is 360. The molecule has 0 aliphatic heterocycles. The molecule has 2 atom stereocenters. The number of carbonyl (C=O) groups is 1. The first kappa shape index (κ1) is 17.9. The molecule has 0 radical (unpaired) electrons. The van der Waals surface area contributed by atoms with Crippen molar-refractivity contribution in [1.29, 1.82) is 0 Å². The number of thioether (sulfide) groups is 1. The largest absolute Gasteiger partial charge is 0.298 e. The van der Waals surface area contributed by atoms with Gasteiger partial charge in [-0.2, -0.15) is 20.2 Å². The van der Waals surface area contributed by atoms with E-state index < -0.39 is 15.4 Å². The second-order valence-corrected chi connectivity index (χ2v) is 8.84. The van der Waals surface area contributed by atoms with Gasteiger partial charge in [-0.15, -0.1) is 0 Å². The second kappa shape index (κ2) is 7.50. The molecule has 0 amide bonds. The Labute approximate surface area is 115 Å². The third kappa shape index (κ3) is 5.71. The van der Waals surface area contributed by atoms with Crippen molar-refractivity contribution in [2.75, 3.05) is 7.11 Å². The second-order valence-electron chi connectivity index (χ2n) is 4.94. The van der Waals surface area contributed by atoms with Gasteiger partial charge in [0.1, 0.15) is 5.25 Å². The normalized spacial score (nSPS) is 16.0. The average molecular weight is 296 g/mol. The van der Waals surface area contributed by atoms with Crippen molar-refractivity contribution < 1.29 is 17.4 Å². The molecule has 0 saturated heterocycles. The molecule has 0 N–H and O–H groups in total. The lowest BCUT2D eigenvalue weighted by Crippen LogP contribution is -2.36. The molecule has 0 rings (SSSR count). The molecule has 0 fully saturated rings. The highest BCUT2D eigenvalue weighted by atomic mass is 32.2. The monoisotopic (exact) mass is 296 g/mol. The molecule has 108 valence electrons. The maximum Gasteiger partial charge on any atom is 0.277 e. The predicted octanol–water partition coefficient (Wildman–Crippen LogP) is 2.48. The molecular weight excluding hydrogens is 272 g/mol. The minimum atomic E-state index is -3.80.